The first-order valence-electron chi connectivity index (χ1n) is 4.36. The number of rotatable bonds is 0. The van der Waals surface area contributed by atoms with E-state index in [0.29, 0.717) is 0 Å². The minimum absolute atomic E-state index is 0.00581. The molecule has 0 unspecified atom stereocenters. The van der Waals surface area contributed by atoms with Gasteiger partial charge in [0.1, 0.15) is 0 Å². The summed E-state index contributed by atoms with van der Waals surface area (Å²) in [5.74, 6) is -0.405. The van der Waals surface area contributed by atoms with Gasteiger partial charge >= 0.3 is 0 Å². The van der Waals surface area contributed by atoms with Crippen molar-refractivity contribution in [1.29, 1.82) is 0 Å². The molecule has 1 heterocycles. The molecule has 0 saturated heterocycles. The van der Waals surface area contributed by atoms with Crippen LogP contribution >= 0.6 is 11.6 Å². The smallest absolute Gasteiger partial charge is 0.165 e. The molecule has 2 rings (SSSR count). The zero-order chi connectivity index (χ0) is 9.64. The van der Waals surface area contributed by atoms with Gasteiger partial charge in [0, 0.05) is 5.41 Å². The van der Waals surface area contributed by atoms with Gasteiger partial charge in [-0.1, -0.05) is 25.4 Å². The van der Waals surface area contributed by atoms with Crippen LogP contribution in [0.2, 0.25) is 5.15 Å². The van der Waals surface area contributed by atoms with Crippen LogP contribution < -0.4 is 0 Å². The number of nitrogens with zero attached hydrogens (tertiary/aromatic N) is 1. The van der Waals surface area contributed by atoms with E-state index >= 15 is 0 Å². The van der Waals surface area contributed by atoms with Crippen molar-refractivity contribution in [2.45, 2.75) is 32.1 Å². The van der Waals surface area contributed by atoms with Gasteiger partial charge in [-0.05, 0) is 24.5 Å². The summed E-state index contributed by atoms with van der Waals surface area (Å²) in [5, 5.41) is -0.00581. The van der Waals surface area contributed by atoms with Crippen molar-refractivity contribution in [3.05, 3.63) is 28.3 Å². The van der Waals surface area contributed by atoms with E-state index in [1.54, 1.807) is 0 Å². The first-order chi connectivity index (χ1) is 6.00. The Bertz CT molecular complexity index is 360. The Balaban J connectivity index is 2.61. The zero-order valence-electron chi connectivity index (χ0n) is 7.69. The minimum atomic E-state index is -0.405. The SMILES string of the molecule is CC1(C)CCc2cc(F)c(Cl)nc21. The summed E-state index contributed by atoms with van der Waals surface area (Å²) in [6.07, 6.45) is 1.93. The van der Waals surface area contributed by atoms with Crippen LogP contribution in [-0.4, -0.2) is 4.98 Å². The van der Waals surface area contributed by atoms with E-state index < -0.39 is 5.82 Å². The summed E-state index contributed by atoms with van der Waals surface area (Å²) >= 11 is 5.63. The topological polar surface area (TPSA) is 12.9 Å². The van der Waals surface area contributed by atoms with Crippen molar-refractivity contribution in [2.24, 2.45) is 0 Å². The lowest BCUT2D eigenvalue weighted by molar-refractivity contribution is 0.508. The molecule has 0 aliphatic heterocycles. The summed E-state index contributed by atoms with van der Waals surface area (Å²) in [6, 6.07) is 1.51. The first kappa shape index (κ1) is 8.95. The van der Waals surface area contributed by atoms with E-state index in [0.717, 1.165) is 24.1 Å². The van der Waals surface area contributed by atoms with Gasteiger partial charge in [0.05, 0.1) is 5.69 Å². The van der Waals surface area contributed by atoms with Crippen LogP contribution in [0, 0.1) is 5.82 Å². The summed E-state index contributed by atoms with van der Waals surface area (Å²) in [5.41, 5.74) is 2.01. The fourth-order valence-corrected chi connectivity index (χ4v) is 1.99. The highest BCUT2D eigenvalue weighted by Gasteiger charge is 2.32. The minimum Gasteiger partial charge on any atom is -0.237 e. The second kappa shape index (κ2) is 2.68. The molecule has 0 spiro atoms. The molecule has 0 saturated carbocycles. The van der Waals surface area contributed by atoms with Crippen LogP contribution in [0.1, 0.15) is 31.5 Å². The van der Waals surface area contributed by atoms with Gasteiger partial charge in [-0.3, -0.25) is 0 Å². The monoisotopic (exact) mass is 199 g/mol. The molecular weight excluding hydrogens is 189 g/mol. The predicted molar refractivity (Wildman–Crippen MR) is 50.6 cm³/mol. The second-order valence-corrected chi connectivity index (χ2v) is 4.51. The lowest BCUT2D eigenvalue weighted by Gasteiger charge is -2.17. The fraction of sp³-hybridized carbons (Fsp3) is 0.500. The second-order valence-electron chi connectivity index (χ2n) is 4.15. The summed E-state index contributed by atoms with van der Waals surface area (Å²) < 4.78 is 13.0. The Hall–Kier alpha value is -0.630. The molecular formula is C10H11ClFN. The van der Waals surface area contributed by atoms with Crippen molar-refractivity contribution in [1.82, 2.24) is 4.98 Å². The van der Waals surface area contributed by atoms with Crippen molar-refractivity contribution in [2.75, 3.05) is 0 Å². The summed E-state index contributed by atoms with van der Waals surface area (Å²) in [7, 11) is 0. The highest BCUT2D eigenvalue weighted by atomic mass is 35.5. The molecule has 1 aromatic heterocycles. The number of halogens is 2. The zero-order valence-corrected chi connectivity index (χ0v) is 8.45. The van der Waals surface area contributed by atoms with Crippen molar-refractivity contribution < 1.29 is 4.39 Å². The molecule has 1 aliphatic rings. The van der Waals surface area contributed by atoms with Crippen molar-refractivity contribution >= 4 is 11.6 Å². The molecule has 1 nitrogen and oxygen atoms in total. The summed E-state index contributed by atoms with van der Waals surface area (Å²) in [6.45, 7) is 4.22. The van der Waals surface area contributed by atoms with Crippen LogP contribution in [-0.2, 0) is 11.8 Å². The van der Waals surface area contributed by atoms with E-state index in [9.17, 15) is 4.39 Å². The van der Waals surface area contributed by atoms with Crippen LogP contribution in [0.4, 0.5) is 4.39 Å². The van der Waals surface area contributed by atoms with Crippen LogP contribution in [0.3, 0.4) is 0 Å². The predicted octanol–water partition coefficient (Wildman–Crippen LogP) is 3.10. The maximum atomic E-state index is 13.0. The van der Waals surface area contributed by atoms with Gasteiger partial charge in [-0.25, -0.2) is 9.37 Å². The molecule has 13 heavy (non-hydrogen) atoms. The van der Waals surface area contributed by atoms with Gasteiger partial charge < -0.3 is 0 Å². The third-order valence-electron chi connectivity index (χ3n) is 2.67. The maximum Gasteiger partial charge on any atom is 0.165 e. The van der Waals surface area contributed by atoms with Crippen LogP contribution in [0.5, 0.6) is 0 Å². The maximum absolute atomic E-state index is 13.0. The number of hydrogen-bond donors (Lipinski definition) is 0. The van der Waals surface area contributed by atoms with Crippen molar-refractivity contribution in [3.63, 3.8) is 0 Å². The molecule has 0 bridgehead atoms. The van der Waals surface area contributed by atoms with Gasteiger partial charge in [0.25, 0.3) is 0 Å². The molecule has 0 atom stereocenters. The molecule has 0 fully saturated rings. The number of aromatic nitrogens is 1. The Labute approximate surface area is 81.9 Å². The number of fused-ring (bicyclic) bond motifs is 1. The highest BCUT2D eigenvalue weighted by Crippen LogP contribution is 2.37. The van der Waals surface area contributed by atoms with Crippen LogP contribution in [0.25, 0.3) is 0 Å². The molecule has 70 valence electrons. The van der Waals surface area contributed by atoms with E-state index in [1.165, 1.54) is 6.07 Å². The van der Waals surface area contributed by atoms with Gasteiger partial charge in [-0.2, -0.15) is 0 Å². The van der Waals surface area contributed by atoms with E-state index in [2.05, 4.69) is 18.8 Å². The number of hydrogen-bond acceptors (Lipinski definition) is 1. The first-order valence-corrected chi connectivity index (χ1v) is 4.74. The Morgan fingerprint density at radius 3 is 2.92 bits per heavy atom. The average Bonchev–Trinajstić information content (AvgIpc) is 2.31. The van der Waals surface area contributed by atoms with Gasteiger partial charge in [0.15, 0.2) is 11.0 Å². The molecule has 1 aromatic rings. The van der Waals surface area contributed by atoms with Gasteiger partial charge in [0.2, 0.25) is 0 Å². The van der Waals surface area contributed by atoms with E-state index in [1.807, 2.05) is 0 Å². The van der Waals surface area contributed by atoms with E-state index in [-0.39, 0.29) is 10.6 Å². The molecule has 0 radical (unpaired) electrons. The Kier molecular flexibility index (Phi) is 1.84. The van der Waals surface area contributed by atoms with Crippen LogP contribution in [0.15, 0.2) is 6.07 Å². The standard InChI is InChI=1S/C10H11ClFN/c1-10(2)4-3-6-5-7(12)9(11)13-8(6)10/h5H,3-4H2,1-2H3. The molecule has 3 heteroatoms. The normalized spacial score (nSPS) is 18.8. The fourth-order valence-electron chi connectivity index (χ4n) is 1.85. The summed E-state index contributed by atoms with van der Waals surface area (Å²) in [4.78, 5) is 4.10. The van der Waals surface area contributed by atoms with Crippen molar-refractivity contribution in [3.8, 4) is 0 Å². The molecule has 1 aliphatic carbocycles. The third kappa shape index (κ3) is 1.33. The third-order valence-corrected chi connectivity index (χ3v) is 2.94. The molecule has 0 amide bonds. The number of aryl methyl sites for hydroxylation is 1. The lowest BCUT2D eigenvalue weighted by atomic mass is 9.91. The quantitative estimate of drug-likeness (QED) is 0.586. The van der Waals surface area contributed by atoms with Gasteiger partial charge in [-0.15, -0.1) is 0 Å². The Morgan fingerprint density at radius 2 is 2.23 bits per heavy atom. The highest BCUT2D eigenvalue weighted by molar-refractivity contribution is 6.29. The largest absolute Gasteiger partial charge is 0.237 e. The molecule has 0 N–H and O–H groups in total. The average molecular weight is 200 g/mol. The molecule has 0 aromatic carbocycles. The lowest BCUT2D eigenvalue weighted by Crippen LogP contribution is -2.14. The Morgan fingerprint density at radius 1 is 1.54 bits per heavy atom. The van der Waals surface area contributed by atoms with E-state index in [4.69, 9.17) is 11.6 Å². The number of pyridine rings is 1.